The molecule has 1 saturated heterocycles. The van der Waals surface area contributed by atoms with E-state index in [2.05, 4.69) is 16.9 Å². The summed E-state index contributed by atoms with van der Waals surface area (Å²) in [6, 6.07) is 3.93. The Morgan fingerprint density at radius 2 is 2.07 bits per heavy atom. The van der Waals surface area contributed by atoms with Crippen molar-refractivity contribution in [3.8, 4) is 11.4 Å². The SMILES string of the molecule is CN(CCN1CCCC1=O)c1nc(-c2cccnc2)nc2sc3c(c12)CCCC3. The van der Waals surface area contributed by atoms with Crippen LogP contribution in [0.4, 0.5) is 5.82 Å². The zero-order valence-electron chi connectivity index (χ0n) is 16.7. The largest absolute Gasteiger partial charge is 0.357 e. The number of amides is 1. The first-order chi connectivity index (χ1) is 14.2. The van der Waals surface area contributed by atoms with Crippen LogP contribution in [0.2, 0.25) is 0 Å². The van der Waals surface area contributed by atoms with E-state index >= 15 is 0 Å². The highest BCUT2D eigenvalue weighted by Gasteiger charge is 2.24. The van der Waals surface area contributed by atoms with E-state index in [0.29, 0.717) is 6.42 Å². The Kier molecular flexibility index (Phi) is 4.91. The number of rotatable bonds is 5. The first-order valence-electron chi connectivity index (χ1n) is 10.4. The second-order valence-electron chi connectivity index (χ2n) is 7.91. The lowest BCUT2D eigenvalue weighted by molar-refractivity contribution is -0.127. The van der Waals surface area contributed by atoms with Gasteiger partial charge in [0.1, 0.15) is 10.6 Å². The fraction of sp³-hybridized carbons (Fsp3) is 0.455. The minimum atomic E-state index is 0.273. The molecule has 0 aromatic carbocycles. The molecule has 5 rings (SSSR count). The molecule has 150 valence electrons. The Bertz CT molecular complexity index is 1050. The van der Waals surface area contributed by atoms with Gasteiger partial charge in [-0.1, -0.05) is 0 Å². The Morgan fingerprint density at radius 1 is 1.17 bits per heavy atom. The molecule has 7 heteroatoms. The minimum Gasteiger partial charge on any atom is -0.357 e. The van der Waals surface area contributed by atoms with Crippen molar-refractivity contribution in [2.45, 2.75) is 38.5 Å². The average molecular weight is 408 g/mol. The number of likely N-dealkylation sites (N-methyl/N-ethyl adjacent to an activating group) is 1. The summed E-state index contributed by atoms with van der Waals surface area (Å²) in [6.07, 6.45) is 9.99. The third-order valence-electron chi connectivity index (χ3n) is 5.95. The number of aryl methyl sites for hydroxylation is 2. The van der Waals surface area contributed by atoms with Gasteiger partial charge >= 0.3 is 0 Å². The van der Waals surface area contributed by atoms with Gasteiger partial charge in [-0.3, -0.25) is 9.78 Å². The van der Waals surface area contributed by atoms with E-state index in [1.54, 1.807) is 6.20 Å². The third-order valence-corrected chi connectivity index (χ3v) is 7.14. The third kappa shape index (κ3) is 3.48. The fourth-order valence-corrected chi connectivity index (χ4v) is 5.61. The summed E-state index contributed by atoms with van der Waals surface area (Å²) in [5.74, 6) is 1.98. The van der Waals surface area contributed by atoms with Crippen LogP contribution in [-0.4, -0.2) is 52.4 Å². The van der Waals surface area contributed by atoms with E-state index in [-0.39, 0.29) is 5.91 Å². The van der Waals surface area contributed by atoms with Crippen LogP contribution >= 0.6 is 11.3 Å². The van der Waals surface area contributed by atoms with Gasteiger partial charge in [0.25, 0.3) is 0 Å². The van der Waals surface area contributed by atoms with Gasteiger partial charge in [0, 0.05) is 55.9 Å². The van der Waals surface area contributed by atoms with Crippen LogP contribution in [0.15, 0.2) is 24.5 Å². The van der Waals surface area contributed by atoms with E-state index in [0.717, 1.165) is 60.9 Å². The maximum absolute atomic E-state index is 12.0. The quantitative estimate of drug-likeness (QED) is 0.645. The second kappa shape index (κ2) is 7.71. The maximum atomic E-state index is 12.0. The van der Waals surface area contributed by atoms with Gasteiger partial charge in [0.05, 0.1) is 5.39 Å². The van der Waals surface area contributed by atoms with Crippen molar-refractivity contribution < 1.29 is 4.79 Å². The summed E-state index contributed by atoms with van der Waals surface area (Å²) in [5.41, 5.74) is 2.37. The molecule has 1 aliphatic heterocycles. The molecule has 0 unspecified atom stereocenters. The van der Waals surface area contributed by atoms with E-state index in [1.807, 2.05) is 34.6 Å². The van der Waals surface area contributed by atoms with Crippen molar-refractivity contribution in [3.05, 3.63) is 35.0 Å². The zero-order chi connectivity index (χ0) is 19.8. The summed E-state index contributed by atoms with van der Waals surface area (Å²) >= 11 is 1.82. The van der Waals surface area contributed by atoms with Gasteiger partial charge in [-0.05, 0) is 49.8 Å². The van der Waals surface area contributed by atoms with Crippen LogP contribution in [0, 0.1) is 0 Å². The maximum Gasteiger partial charge on any atom is 0.222 e. The summed E-state index contributed by atoms with van der Waals surface area (Å²) in [5, 5.41) is 1.22. The Hall–Kier alpha value is -2.54. The molecule has 0 N–H and O–H groups in total. The molecule has 0 radical (unpaired) electrons. The van der Waals surface area contributed by atoms with E-state index in [4.69, 9.17) is 9.97 Å². The lowest BCUT2D eigenvalue weighted by atomic mass is 9.97. The van der Waals surface area contributed by atoms with Crippen LogP contribution in [0.5, 0.6) is 0 Å². The van der Waals surface area contributed by atoms with Crippen LogP contribution in [0.1, 0.15) is 36.1 Å². The van der Waals surface area contributed by atoms with Crippen LogP contribution in [0.3, 0.4) is 0 Å². The van der Waals surface area contributed by atoms with E-state index in [9.17, 15) is 4.79 Å². The summed E-state index contributed by atoms with van der Waals surface area (Å²) < 4.78 is 0. The summed E-state index contributed by atoms with van der Waals surface area (Å²) in [4.78, 5) is 32.9. The summed E-state index contributed by atoms with van der Waals surface area (Å²) in [6.45, 7) is 2.39. The number of anilines is 1. The molecule has 1 amide bonds. The molecule has 0 atom stereocenters. The molecule has 1 fully saturated rings. The fourth-order valence-electron chi connectivity index (χ4n) is 4.36. The Labute approximate surface area is 174 Å². The van der Waals surface area contributed by atoms with Crippen molar-refractivity contribution in [2.75, 3.05) is 31.6 Å². The number of aromatic nitrogens is 3. The minimum absolute atomic E-state index is 0.273. The molecule has 0 saturated carbocycles. The van der Waals surface area contributed by atoms with Crippen LogP contribution in [-0.2, 0) is 17.6 Å². The van der Waals surface area contributed by atoms with Crippen molar-refractivity contribution in [1.29, 1.82) is 0 Å². The van der Waals surface area contributed by atoms with E-state index in [1.165, 1.54) is 28.7 Å². The lowest BCUT2D eigenvalue weighted by Gasteiger charge is -2.24. The molecule has 0 spiro atoms. The Morgan fingerprint density at radius 3 is 2.86 bits per heavy atom. The molecular formula is C22H25N5OS. The highest BCUT2D eigenvalue weighted by Crippen LogP contribution is 2.40. The number of pyridine rings is 1. The van der Waals surface area contributed by atoms with Crippen molar-refractivity contribution in [1.82, 2.24) is 19.9 Å². The Balaban J connectivity index is 1.55. The predicted octanol–water partition coefficient (Wildman–Crippen LogP) is 3.69. The number of hydrogen-bond donors (Lipinski definition) is 0. The predicted molar refractivity (Wildman–Crippen MR) is 116 cm³/mol. The number of thiophene rings is 1. The molecule has 29 heavy (non-hydrogen) atoms. The molecule has 3 aromatic rings. The number of hydrogen-bond acceptors (Lipinski definition) is 6. The number of nitrogens with zero attached hydrogens (tertiary/aromatic N) is 5. The van der Waals surface area contributed by atoms with Gasteiger partial charge in [0.2, 0.25) is 5.91 Å². The monoisotopic (exact) mass is 407 g/mol. The highest BCUT2D eigenvalue weighted by atomic mass is 32.1. The topological polar surface area (TPSA) is 62.2 Å². The smallest absolute Gasteiger partial charge is 0.222 e. The number of carbonyl (C=O) groups excluding carboxylic acids is 1. The van der Waals surface area contributed by atoms with Crippen molar-refractivity contribution in [2.24, 2.45) is 0 Å². The zero-order valence-corrected chi connectivity index (χ0v) is 17.5. The highest BCUT2D eigenvalue weighted by molar-refractivity contribution is 7.19. The molecule has 2 aliphatic rings. The first kappa shape index (κ1) is 18.5. The van der Waals surface area contributed by atoms with Gasteiger partial charge in [-0.2, -0.15) is 0 Å². The number of fused-ring (bicyclic) bond motifs is 3. The molecule has 4 heterocycles. The van der Waals surface area contributed by atoms with Crippen LogP contribution < -0.4 is 4.90 Å². The average Bonchev–Trinajstić information content (AvgIpc) is 3.34. The molecular weight excluding hydrogens is 382 g/mol. The van der Waals surface area contributed by atoms with Crippen molar-refractivity contribution in [3.63, 3.8) is 0 Å². The molecule has 0 bridgehead atoms. The van der Waals surface area contributed by atoms with Crippen molar-refractivity contribution >= 4 is 33.3 Å². The van der Waals surface area contributed by atoms with Gasteiger partial charge in [-0.25, -0.2) is 9.97 Å². The van der Waals surface area contributed by atoms with Gasteiger partial charge < -0.3 is 9.80 Å². The lowest BCUT2D eigenvalue weighted by Crippen LogP contribution is -2.34. The van der Waals surface area contributed by atoms with Gasteiger partial charge in [-0.15, -0.1) is 11.3 Å². The first-order valence-corrected chi connectivity index (χ1v) is 11.2. The second-order valence-corrected chi connectivity index (χ2v) is 8.99. The summed E-state index contributed by atoms with van der Waals surface area (Å²) in [7, 11) is 2.09. The number of likely N-dealkylation sites (tertiary alicyclic amines) is 1. The standard InChI is InChI=1S/C22H25N5OS/c1-26(12-13-27-11-5-9-18(27)28)21-19-16-7-2-3-8-17(16)29-22(19)25-20(24-21)15-6-4-10-23-14-15/h4,6,10,14H,2-3,5,7-9,11-13H2,1H3. The van der Waals surface area contributed by atoms with Gasteiger partial charge in [0.15, 0.2) is 5.82 Å². The normalized spacial score (nSPS) is 16.4. The number of carbonyl (C=O) groups is 1. The van der Waals surface area contributed by atoms with E-state index < -0.39 is 0 Å². The molecule has 1 aliphatic carbocycles. The molecule has 3 aromatic heterocycles. The molecule has 6 nitrogen and oxygen atoms in total. The van der Waals surface area contributed by atoms with Crippen LogP contribution in [0.25, 0.3) is 21.6 Å².